The summed E-state index contributed by atoms with van der Waals surface area (Å²) in [7, 11) is -3.50. The van der Waals surface area contributed by atoms with Gasteiger partial charge in [0, 0.05) is 29.0 Å². The minimum atomic E-state index is -3.50. The number of ether oxygens (including phenoxy) is 1. The van der Waals surface area contributed by atoms with E-state index in [0.29, 0.717) is 11.7 Å². The third kappa shape index (κ3) is 2.89. The summed E-state index contributed by atoms with van der Waals surface area (Å²) >= 11 is 0. The summed E-state index contributed by atoms with van der Waals surface area (Å²) in [6.45, 7) is 4.68. The summed E-state index contributed by atoms with van der Waals surface area (Å²) in [5.74, 6) is 1.03. The van der Waals surface area contributed by atoms with Gasteiger partial charge in [-0.1, -0.05) is 52.4 Å². The van der Waals surface area contributed by atoms with Gasteiger partial charge in [-0.25, -0.2) is 8.42 Å². The number of phenolic OH excluding ortho intramolecular Hbond substituents is 2. The van der Waals surface area contributed by atoms with E-state index in [0.717, 1.165) is 70.6 Å². The Kier molecular flexibility index (Phi) is 5.18. The Morgan fingerprint density at radius 1 is 0.919 bits per heavy atom. The van der Waals surface area contributed by atoms with Gasteiger partial charge in [0.25, 0.3) is 0 Å². The lowest BCUT2D eigenvalue weighted by Gasteiger charge is -2.75. The molecule has 1 spiro atoms. The Morgan fingerprint density at radius 2 is 1.54 bits per heavy atom. The van der Waals surface area contributed by atoms with Crippen LogP contribution in [0.4, 0.5) is 0 Å². The molecule has 6 aliphatic carbocycles. The van der Waals surface area contributed by atoms with Gasteiger partial charge in [0.2, 0.25) is 10.0 Å². The fraction of sp³-hybridized carbons (Fsp3) is 0.800. The maximum Gasteiger partial charge on any atom is 0.215 e. The zero-order valence-electron chi connectivity index (χ0n) is 22.4. The van der Waals surface area contributed by atoms with Crippen molar-refractivity contribution in [2.45, 2.75) is 116 Å². The third-order valence-corrected chi connectivity index (χ3v) is 14.4. The van der Waals surface area contributed by atoms with Crippen molar-refractivity contribution in [1.82, 2.24) is 4.31 Å². The van der Waals surface area contributed by atoms with Crippen LogP contribution in [0.25, 0.3) is 0 Å². The van der Waals surface area contributed by atoms with Crippen LogP contribution in [0.5, 0.6) is 17.2 Å². The molecule has 0 aromatic heterocycles. The van der Waals surface area contributed by atoms with Crippen LogP contribution < -0.4 is 4.74 Å². The number of rotatable bonds is 7. The number of benzene rings is 1. The highest BCUT2D eigenvalue weighted by molar-refractivity contribution is 7.89. The van der Waals surface area contributed by atoms with Crippen molar-refractivity contribution in [1.29, 1.82) is 0 Å². The van der Waals surface area contributed by atoms with Crippen molar-refractivity contribution >= 4 is 10.0 Å². The van der Waals surface area contributed by atoms with Gasteiger partial charge in [0.05, 0.1) is 5.75 Å². The molecule has 0 heterocycles. The van der Waals surface area contributed by atoms with E-state index in [1.807, 2.05) is 4.31 Å². The average Bonchev–Trinajstić information content (AvgIpc) is 3.16. The first-order valence-corrected chi connectivity index (χ1v) is 16.4. The molecule has 2 N–H and O–H groups in total. The van der Waals surface area contributed by atoms with E-state index in [2.05, 4.69) is 13.8 Å². The Hall–Kier alpha value is -1.47. The van der Waals surface area contributed by atoms with E-state index in [1.54, 1.807) is 6.07 Å². The Labute approximate surface area is 221 Å². The van der Waals surface area contributed by atoms with Crippen LogP contribution in [0.2, 0.25) is 0 Å². The normalized spacial score (nSPS) is 43.0. The first kappa shape index (κ1) is 24.6. The average molecular weight is 530 g/mol. The first-order chi connectivity index (χ1) is 17.6. The molecule has 6 unspecified atom stereocenters. The molecule has 1 aromatic carbocycles. The van der Waals surface area contributed by atoms with Crippen LogP contribution in [0.3, 0.4) is 0 Å². The Bertz CT molecular complexity index is 1190. The van der Waals surface area contributed by atoms with Gasteiger partial charge in [0.15, 0.2) is 11.5 Å². The van der Waals surface area contributed by atoms with E-state index in [1.165, 1.54) is 25.0 Å². The van der Waals surface area contributed by atoms with E-state index >= 15 is 0 Å². The van der Waals surface area contributed by atoms with Crippen molar-refractivity contribution in [3.63, 3.8) is 0 Å². The molecule has 6 atom stereocenters. The predicted molar refractivity (Wildman–Crippen MR) is 142 cm³/mol. The topological polar surface area (TPSA) is 87.1 Å². The highest BCUT2D eigenvalue weighted by atomic mass is 32.2. The lowest BCUT2D eigenvalue weighted by atomic mass is 9.31. The summed E-state index contributed by atoms with van der Waals surface area (Å²) in [5, 5.41) is 20.3. The Morgan fingerprint density at radius 3 is 2.11 bits per heavy atom. The van der Waals surface area contributed by atoms with Crippen LogP contribution in [0.15, 0.2) is 18.2 Å². The molecule has 6 fully saturated rings. The monoisotopic (exact) mass is 529 g/mol. The standard InChI is InChI=1S/C30H43NO5S/c1-27-18-28(2)26(36-24-14-13-22(32)17-23(24)33)29(16-15-25(27)30(27,28)29)19-37(34,35)31(20-9-5-3-6-10-20)21-11-7-4-8-12-21/h13-14,17,20-21,25-26,32-33H,3-12,15-16,18-19H2,1-2H3. The number of hydrogen-bond donors (Lipinski definition) is 2. The molecule has 0 radical (unpaired) electrons. The van der Waals surface area contributed by atoms with E-state index < -0.39 is 15.4 Å². The third-order valence-electron chi connectivity index (χ3n) is 12.3. The molecule has 6 nitrogen and oxygen atoms in total. The van der Waals surface area contributed by atoms with Crippen LogP contribution in [0.1, 0.15) is 97.3 Å². The van der Waals surface area contributed by atoms with Crippen LogP contribution in [0, 0.1) is 27.6 Å². The van der Waals surface area contributed by atoms with Gasteiger partial charge in [0.1, 0.15) is 11.9 Å². The quantitative estimate of drug-likeness (QED) is 0.455. The number of phenols is 2. The summed E-state index contributed by atoms with van der Waals surface area (Å²) < 4.78 is 38.0. The van der Waals surface area contributed by atoms with Crippen LogP contribution in [-0.2, 0) is 10.0 Å². The van der Waals surface area contributed by atoms with Crippen LogP contribution in [-0.4, -0.2) is 46.9 Å². The van der Waals surface area contributed by atoms with Gasteiger partial charge >= 0.3 is 0 Å². The zero-order valence-corrected chi connectivity index (χ0v) is 23.2. The summed E-state index contributed by atoms with van der Waals surface area (Å²) in [6.07, 6.45) is 13.7. The largest absolute Gasteiger partial charge is 0.508 e. The molecule has 37 heavy (non-hydrogen) atoms. The second-order valence-electron chi connectivity index (χ2n) is 13.9. The molecular formula is C30H43NO5S. The number of fused-ring (bicyclic) bond motifs is 1. The van der Waals surface area contributed by atoms with Crippen LogP contribution >= 0.6 is 0 Å². The first-order valence-electron chi connectivity index (χ1n) is 14.8. The van der Waals surface area contributed by atoms with Gasteiger partial charge < -0.3 is 14.9 Å². The second-order valence-corrected chi connectivity index (χ2v) is 15.8. The van der Waals surface area contributed by atoms with Gasteiger partial charge in [-0.05, 0) is 73.8 Å². The summed E-state index contributed by atoms with van der Waals surface area (Å²) in [4.78, 5) is 0. The van der Waals surface area contributed by atoms with Crippen molar-refractivity contribution in [2.24, 2.45) is 27.6 Å². The van der Waals surface area contributed by atoms with Crippen molar-refractivity contribution in [2.75, 3.05) is 5.75 Å². The van der Waals surface area contributed by atoms with Gasteiger partial charge in [-0.3, -0.25) is 0 Å². The molecule has 204 valence electrons. The summed E-state index contributed by atoms with van der Waals surface area (Å²) in [5.41, 5.74) is -0.206. The summed E-state index contributed by atoms with van der Waals surface area (Å²) in [6, 6.07) is 4.75. The van der Waals surface area contributed by atoms with Crippen molar-refractivity contribution in [3.05, 3.63) is 18.2 Å². The minimum absolute atomic E-state index is 0.00613. The molecule has 0 amide bonds. The molecule has 0 aliphatic heterocycles. The van der Waals surface area contributed by atoms with Gasteiger partial charge in [-0.15, -0.1) is 0 Å². The molecule has 6 aliphatic rings. The second kappa shape index (κ2) is 7.80. The zero-order chi connectivity index (χ0) is 25.8. The van der Waals surface area contributed by atoms with Crippen molar-refractivity contribution in [3.8, 4) is 17.2 Å². The lowest BCUT2D eigenvalue weighted by molar-refractivity contribution is -0.302. The molecule has 6 saturated carbocycles. The lowest BCUT2D eigenvalue weighted by Crippen LogP contribution is -2.79. The minimum Gasteiger partial charge on any atom is -0.508 e. The van der Waals surface area contributed by atoms with E-state index in [9.17, 15) is 18.6 Å². The predicted octanol–water partition coefficient (Wildman–Crippen LogP) is 5.97. The van der Waals surface area contributed by atoms with Gasteiger partial charge in [-0.2, -0.15) is 4.31 Å². The smallest absolute Gasteiger partial charge is 0.215 e. The highest BCUT2D eigenvalue weighted by Crippen LogP contribution is 3.05. The molecular weight excluding hydrogens is 486 g/mol. The Balaban J connectivity index is 1.25. The molecule has 0 saturated heterocycles. The van der Waals surface area contributed by atoms with E-state index in [-0.39, 0.29) is 51.7 Å². The highest BCUT2D eigenvalue weighted by Gasteiger charge is 3.05. The fourth-order valence-electron chi connectivity index (χ4n) is 11.7. The fourth-order valence-corrected chi connectivity index (χ4v) is 14.4. The molecule has 7 rings (SSSR count). The van der Waals surface area contributed by atoms with Crippen molar-refractivity contribution < 1.29 is 23.4 Å². The molecule has 7 heteroatoms. The molecule has 1 aromatic rings. The number of hydrogen-bond acceptors (Lipinski definition) is 5. The van der Waals surface area contributed by atoms with E-state index in [4.69, 9.17) is 4.74 Å². The number of nitrogens with zero attached hydrogens (tertiary/aromatic N) is 1. The maximum absolute atomic E-state index is 14.7. The SMILES string of the molecule is CC12CC3(C)C4CCC(CS(=O)(=O)N(C5CCCCC5)C5CCCCC5)(C1Oc1ccc(O)cc1O)C423. The maximum atomic E-state index is 14.7. The molecule has 0 bridgehead atoms. The number of aromatic hydroxyl groups is 2. The number of sulfonamides is 1.